The van der Waals surface area contributed by atoms with Gasteiger partial charge in [0.25, 0.3) is 0 Å². The highest BCUT2D eigenvalue weighted by Crippen LogP contribution is 2.00. The minimum absolute atomic E-state index is 0.183. The number of nitrogens with one attached hydrogen (secondary N) is 1. The topological polar surface area (TPSA) is 33.6 Å². The van der Waals surface area contributed by atoms with Gasteiger partial charge in [0.1, 0.15) is 11.9 Å². The van der Waals surface area contributed by atoms with Gasteiger partial charge < -0.3 is 10.1 Å². The van der Waals surface area contributed by atoms with Crippen molar-refractivity contribution in [1.82, 2.24) is 5.32 Å². The summed E-state index contributed by atoms with van der Waals surface area (Å²) in [7, 11) is 1.72. The third kappa shape index (κ3) is 1.48. The van der Waals surface area contributed by atoms with Crippen LogP contribution in [-0.4, -0.2) is 32.1 Å². The fourth-order valence-corrected chi connectivity index (χ4v) is 1.10. The van der Waals surface area contributed by atoms with Gasteiger partial charge in [-0.25, -0.2) is 0 Å². The highest BCUT2D eigenvalue weighted by Gasteiger charge is 2.14. The Morgan fingerprint density at radius 3 is 3.00 bits per heavy atom. The molecule has 0 radical (unpaired) electrons. The first-order chi connectivity index (χ1) is 4.88. The third-order valence-corrected chi connectivity index (χ3v) is 1.66. The first kappa shape index (κ1) is 7.54. The monoisotopic (exact) mass is 142 g/mol. The molecule has 0 aromatic carbocycles. The van der Waals surface area contributed by atoms with Gasteiger partial charge in [-0.1, -0.05) is 6.92 Å². The maximum absolute atomic E-state index is 5.19. The summed E-state index contributed by atoms with van der Waals surface area (Å²) in [5.74, 6) is 1.02. The van der Waals surface area contributed by atoms with Crippen LogP contribution >= 0.6 is 0 Å². The van der Waals surface area contributed by atoms with Crippen LogP contribution in [0.25, 0.3) is 0 Å². The normalized spacial score (nSPS) is 20.0. The Hall–Kier alpha value is -0.570. The molecule has 1 rings (SSSR count). The van der Waals surface area contributed by atoms with Gasteiger partial charge in [0.15, 0.2) is 0 Å². The van der Waals surface area contributed by atoms with Crippen LogP contribution in [0.5, 0.6) is 0 Å². The van der Waals surface area contributed by atoms with Crippen molar-refractivity contribution in [3.63, 3.8) is 0 Å². The third-order valence-electron chi connectivity index (χ3n) is 1.66. The number of aliphatic imine (C=N–C) groups is 1. The van der Waals surface area contributed by atoms with E-state index < -0.39 is 0 Å². The van der Waals surface area contributed by atoms with Gasteiger partial charge in [0.05, 0.1) is 6.54 Å². The minimum atomic E-state index is 0.183. The lowest BCUT2D eigenvalue weighted by atomic mass is 10.2. The zero-order chi connectivity index (χ0) is 7.40. The average Bonchev–Trinajstić information content (AvgIpc) is 2.43. The molecule has 0 fully saturated rings. The summed E-state index contributed by atoms with van der Waals surface area (Å²) in [5, 5.41) is 3.18. The molecule has 0 saturated heterocycles. The Labute approximate surface area is 61.5 Å². The van der Waals surface area contributed by atoms with E-state index in [4.69, 9.17) is 4.74 Å². The van der Waals surface area contributed by atoms with Crippen LogP contribution in [0.2, 0.25) is 0 Å². The first-order valence-electron chi connectivity index (χ1n) is 3.69. The summed E-state index contributed by atoms with van der Waals surface area (Å²) in [4.78, 5) is 4.26. The van der Waals surface area contributed by atoms with Crippen molar-refractivity contribution < 1.29 is 4.74 Å². The van der Waals surface area contributed by atoms with E-state index in [0.29, 0.717) is 0 Å². The molecule has 1 aliphatic rings. The molecule has 1 N–H and O–H groups in total. The molecule has 58 valence electrons. The predicted molar refractivity (Wildman–Crippen MR) is 41.4 cm³/mol. The molecule has 10 heavy (non-hydrogen) atoms. The van der Waals surface area contributed by atoms with Crippen LogP contribution in [0.4, 0.5) is 0 Å². The van der Waals surface area contributed by atoms with Crippen LogP contribution in [0.3, 0.4) is 0 Å². The quantitative estimate of drug-likeness (QED) is 0.619. The second kappa shape index (κ2) is 3.56. The second-order valence-electron chi connectivity index (χ2n) is 2.33. The lowest BCUT2D eigenvalue weighted by molar-refractivity contribution is 0.150. The number of ether oxygens (including phenoxy) is 1. The van der Waals surface area contributed by atoms with Crippen LogP contribution in [0, 0.1) is 0 Å². The molecule has 3 nitrogen and oxygen atoms in total. The van der Waals surface area contributed by atoms with Gasteiger partial charge in [-0.15, -0.1) is 0 Å². The molecular formula is C7H14N2O. The van der Waals surface area contributed by atoms with Gasteiger partial charge in [0.2, 0.25) is 0 Å². The standard InChI is InChI=1S/C7H14N2O/c1-3-6(10-2)7-8-4-5-9-7/h6H,3-5H2,1-2H3,(H,8,9). The van der Waals surface area contributed by atoms with E-state index in [1.165, 1.54) is 0 Å². The first-order valence-corrected chi connectivity index (χ1v) is 3.69. The number of hydrogen-bond acceptors (Lipinski definition) is 3. The van der Waals surface area contributed by atoms with Gasteiger partial charge in [-0.3, -0.25) is 4.99 Å². The lowest BCUT2D eigenvalue weighted by Gasteiger charge is -2.12. The maximum atomic E-state index is 5.19. The molecule has 0 aromatic heterocycles. The van der Waals surface area contributed by atoms with Crippen LogP contribution < -0.4 is 5.32 Å². The molecule has 1 heterocycles. The smallest absolute Gasteiger partial charge is 0.126 e. The fourth-order valence-electron chi connectivity index (χ4n) is 1.10. The number of nitrogens with zero attached hydrogens (tertiary/aromatic N) is 1. The van der Waals surface area contributed by atoms with Crippen molar-refractivity contribution >= 4 is 5.84 Å². The Morgan fingerprint density at radius 1 is 1.80 bits per heavy atom. The van der Waals surface area contributed by atoms with Crippen molar-refractivity contribution in [3.05, 3.63) is 0 Å². The molecule has 0 saturated carbocycles. The number of methoxy groups -OCH3 is 1. The highest BCUT2D eigenvalue weighted by atomic mass is 16.5. The van der Waals surface area contributed by atoms with Crippen molar-refractivity contribution in [2.45, 2.75) is 19.4 Å². The van der Waals surface area contributed by atoms with Crippen LogP contribution in [0.1, 0.15) is 13.3 Å². The van der Waals surface area contributed by atoms with Gasteiger partial charge in [0, 0.05) is 13.7 Å². The van der Waals surface area contributed by atoms with E-state index in [1.54, 1.807) is 7.11 Å². The number of hydrogen-bond donors (Lipinski definition) is 1. The van der Waals surface area contributed by atoms with Crippen LogP contribution in [-0.2, 0) is 4.74 Å². The largest absolute Gasteiger partial charge is 0.374 e. The summed E-state index contributed by atoms with van der Waals surface area (Å²) in [6.07, 6.45) is 1.17. The molecule has 1 aliphatic heterocycles. The van der Waals surface area contributed by atoms with Crippen LogP contribution in [0.15, 0.2) is 4.99 Å². The molecule has 0 spiro atoms. The van der Waals surface area contributed by atoms with Crippen molar-refractivity contribution in [1.29, 1.82) is 0 Å². The Balaban J connectivity index is 2.44. The zero-order valence-electron chi connectivity index (χ0n) is 6.55. The second-order valence-corrected chi connectivity index (χ2v) is 2.33. The Bertz CT molecular complexity index is 130. The lowest BCUT2D eigenvalue weighted by Crippen LogP contribution is -2.32. The van der Waals surface area contributed by atoms with Crippen molar-refractivity contribution in [3.8, 4) is 0 Å². The van der Waals surface area contributed by atoms with Gasteiger partial charge in [-0.2, -0.15) is 0 Å². The van der Waals surface area contributed by atoms with Gasteiger partial charge >= 0.3 is 0 Å². The molecule has 0 bridgehead atoms. The maximum Gasteiger partial charge on any atom is 0.126 e. The molecular weight excluding hydrogens is 128 g/mol. The minimum Gasteiger partial charge on any atom is -0.374 e. The summed E-state index contributed by atoms with van der Waals surface area (Å²) >= 11 is 0. The molecule has 1 unspecified atom stereocenters. The highest BCUT2D eigenvalue weighted by molar-refractivity contribution is 5.87. The van der Waals surface area contributed by atoms with E-state index >= 15 is 0 Å². The molecule has 0 aliphatic carbocycles. The molecule has 0 aromatic rings. The van der Waals surface area contributed by atoms with Crippen molar-refractivity contribution in [2.24, 2.45) is 4.99 Å². The zero-order valence-corrected chi connectivity index (χ0v) is 6.55. The molecule has 1 atom stereocenters. The Morgan fingerprint density at radius 2 is 2.60 bits per heavy atom. The van der Waals surface area contributed by atoms with E-state index in [1.807, 2.05) is 0 Å². The van der Waals surface area contributed by atoms with Crippen molar-refractivity contribution in [2.75, 3.05) is 20.2 Å². The SMILES string of the molecule is CCC(OC)C1=NCCN1. The van der Waals surface area contributed by atoms with E-state index in [-0.39, 0.29) is 6.10 Å². The fraction of sp³-hybridized carbons (Fsp3) is 0.857. The molecule has 0 amide bonds. The summed E-state index contributed by atoms with van der Waals surface area (Å²) in [5.41, 5.74) is 0. The van der Waals surface area contributed by atoms with Gasteiger partial charge in [-0.05, 0) is 6.42 Å². The number of amidine groups is 1. The summed E-state index contributed by atoms with van der Waals surface area (Å²) in [6.45, 7) is 3.96. The van der Waals surface area contributed by atoms with E-state index in [9.17, 15) is 0 Å². The number of rotatable bonds is 3. The van der Waals surface area contributed by atoms with E-state index in [0.717, 1.165) is 25.3 Å². The summed E-state index contributed by atoms with van der Waals surface area (Å²) in [6, 6.07) is 0. The Kier molecular flexibility index (Phi) is 2.68. The van der Waals surface area contributed by atoms with E-state index in [2.05, 4.69) is 17.2 Å². The molecule has 3 heteroatoms. The average molecular weight is 142 g/mol. The summed E-state index contributed by atoms with van der Waals surface area (Å²) < 4.78 is 5.19. The predicted octanol–water partition coefficient (Wildman–Crippen LogP) is 0.413.